The molecule has 1 aromatic heterocycles. The predicted octanol–water partition coefficient (Wildman–Crippen LogP) is 2.32. The summed E-state index contributed by atoms with van der Waals surface area (Å²) >= 11 is 0. The number of nitrogens with zero attached hydrogens (tertiary/aromatic N) is 1. The SMILES string of the molecule is CCOC(=O)/C(=C/c1cncc(C)c1)C(=O)CC. The molecule has 0 fully saturated rings. The summed E-state index contributed by atoms with van der Waals surface area (Å²) in [5.74, 6) is -0.805. The van der Waals surface area contributed by atoms with Crippen molar-refractivity contribution >= 4 is 17.8 Å². The van der Waals surface area contributed by atoms with Crippen molar-refractivity contribution in [3.05, 3.63) is 35.2 Å². The second-order valence-corrected chi connectivity index (χ2v) is 3.85. The van der Waals surface area contributed by atoms with Gasteiger partial charge in [0.1, 0.15) is 5.57 Å². The molecule has 0 aliphatic heterocycles. The number of ether oxygens (including phenoxy) is 1. The fraction of sp³-hybridized carbons (Fsp3) is 0.357. The van der Waals surface area contributed by atoms with Crippen LogP contribution in [0.5, 0.6) is 0 Å². The van der Waals surface area contributed by atoms with Gasteiger partial charge in [0.25, 0.3) is 0 Å². The molecule has 0 bridgehead atoms. The van der Waals surface area contributed by atoms with Crippen molar-refractivity contribution in [3.63, 3.8) is 0 Å². The van der Waals surface area contributed by atoms with Crippen LogP contribution in [0.4, 0.5) is 0 Å². The third-order valence-corrected chi connectivity index (χ3v) is 2.32. The van der Waals surface area contributed by atoms with E-state index in [1.54, 1.807) is 26.2 Å². The van der Waals surface area contributed by atoms with Gasteiger partial charge in [0, 0.05) is 18.8 Å². The standard InChI is InChI=1S/C14H17NO3/c1-4-13(16)12(14(17)18-5-2)7-11-6-10(3)8-15-9-11/h6-9H,4-5H2,1-3H3/b12-7+. The molecule has 1 rings (SSSR count). The summed E-state index contributed by atoms with van der Waals surface area (Å²) < 4.78 is 4.88. The lowest BCUT2D eigenvalue weighted by atomic mass is 10.1. The van der Waals surface area contributed by atoms with Crippen LogP contribution in [0.15, 0.2) is 24.0 Å². The van der Waals surface area contributed by atoms with Crippen molar-refractivity contribution < 1.29 is 14.3 Å². The number of aryl methyl sites for hydroxylation is 1. The molecular weight excluding hydrogens is 230 g/mol. The Bertz CT molecular complexity index is 478. The van der Waals surface area contributed by atoms with Gasteiger partial charge < -0.3 is 4.74 Å². The molecule has 0 saturated heterocycles. The number of Topliss-reactive ketones (excluding diaryl/α,β-unsaturated/α-hetero) is 1. The smallest absolute Gasteiger partial charge is 0.341 e. The van der Waals surface area contributed by atoms with Gasteiger partial charge >= 0.3 is 5.97 Å². The lowest BCUT2D eigenvalue weighted by Gasteiger charge is -2.05. The van der Waals surface area contributed by atoms with Crippen molar-refractivity contribution in [2.24, 2.45) is 0 Å². The van der Waals surface area contributed by atoms with Crippen LogP contribution < -0.4 is 0 Å². The number of aromatic nitrogens is 1. The molecule has 0 amide bonds. The summed E-state index contributed by atoms with van der Waals surface area (Å²) in [5.41, 5.74) is 1.77. The third-order valence-electron chi connectivity index (χ3n) is 2.32. The molecular formula is C14H17NO3. The second kappa shape index (κ2) is 6.69. The van der Waals surface area contributed by atoms with Gasteiger partial charge in [0.2, 0.25) is 0 Å². The average Bonchev–Trinajstić information content (AvgIpc) is 2.35. The van der Waals surface area contributed by atoms with Gasteiger partial charge in [0.15, 0.2) is 5.78 Å². The highest BCUT2D eigenvalue weighted by Gasteiger charge is 2.17. The Morgan fingerprint density at radius 2 is 2.06 bits per heavy atom. The first-order chi connectivity index (χ1) is 8.58. The molecule has 96 valence electrons. The third kappa shape index (κ3) is 3.80. The fourth-order valence-corrected chi connectivity index (χ4v) is 1.48. The van der Waals surface area contributed by atoms with Gasteiger partial charge in [-0.2, -0.15) is 0 Å². The molecule has 0 saturated carbocycles. The Kier molecular flexibility index (Phi) is 5.24. The predicted molar refractivity (Wildman–Crippen MR) is 68.9 cm³/mol. The van der Waals surface area contributed by atoms with Crippen LogP contribution in [0, 0.1) is 6.92 Å². The fourth-order valence-electron chi connectivity index (χ4n) is 1.48. The van der Waals surface area contributed by atoms with E-state index in [2.05, 4.69) is 4.98 Å². The first-order valence-electron chi connectivity index (χ1n) is 5.92. The zero-order chi connectivity index (χ0) is 13.5. The van der Waals surface area contributed by atoms with Crippen molar-refractivity contribution in [2.45, 2.75) is 27.2 Å². The lowest BCUT2D eigenvalue weighted by Crippen LogP contribution is -2.15. The van der Waals surface area contributed by atoms with E-state index in [9.17, 15) is 9.59 Å². The Balaban J connectivity index is 3.10. The summed E-state index contributed by atoms with van der Waals surface area (Å²) in [5, 5.41) is 0. The summed E-state index contributed by atoms with van der Waals surface area (Å²) in [7, 11) is 0. The van der Waals surface area contributed by atoms with E-state index >= 15 is 0 Å². The van der Waals surface area contributed by atoms with E-state index in [0.29, 0.717) is 0 Å². The number of hydrogen-bond donors (Lipinski definition) is 0. The topological polar surface area (TPSA) is 56.3 Å². The highest BCUT2D eigenvalue weighted by molar-refractivity contribution is 6.20. The zero-order valence-electron chi connectivity index (χ0n) is 10.9. The van der Waals surface area contributed by atoms with Gasteiger partial charge in [-0.05, 0) is 37.1 Å². The molecule has 1 aromatic rings. The molecule has 4 nitrogen and oxygen atoms in total. The number of ketones is 1. The van der Waals surface area contributed by atoms with Crippen LogP contribution >= 0.6 is 0 Å². The highest BCUT2D eigenvalue weighted by Crippen LogP contribution is 2.11. The summed E-state index contributed by atoms with van der Waals surface area (Å²) in [6, 6.07) is 1.86. The largest absolute Gasteiger partial charge is 0.462 e. The van der Waals surface area contributed by atoms with E-state index < -0.39 is 5.97 Å². The molecule has 0 atom stereocenters. The molecule has 0 spiro atoms. The minimum atomic E-state index is -0.578. The normalized spacial score (nSPS) is 11.2. The number of esters is 1. The maximum Gasteiger partial charge on any atom is 0.341 e. The monoisotopic (exact) mass is 247 g/mol. The average molecular weight is 247 g/mol. The van der Waals surface area contributed by atoms with E-state index in [-0.39, 0.29) is 24.4 Å². The van der Waals surface area contributed by atoms with Gasteiger partial charge in [-0.1, -0.05) is 6.92 Å². The maximum absolute atomic E-state index is 11.7. The Labute approximate surface area is 107 Å². The van der Waals surface area contributed by atoms with Crippen LogP contribution in [0.3, 0.4) is 0 Å². The molecule has 0 aliphatic rings. The van der Waals surface area contributed by atoms with Crippen molar-refractivity contribution in [1.29, 1.82) is 0 Å². The first-order valence-corrected chi connectivity index (χ1v) is 5.92. The number of pyridine rings is 1. The number of carbonyl (C=O) groups excluding carboxylic acids is 2. The Morgan fingerprint density at radius 1 is 1.33 bits per heavy atom. The molecule has 18 heavy (non-hydrogen) atoms. The van der Waals surface area contributed by atoms with Gasteiger partial charge in [0.05, 0.1) is 6.61 Å². The van der Waals surface area contributed by atoms with Gasteiger partial charge in [-0.15, -0.1) is 0 Å². The van der Waals surface area contributed by atoms with Crippen LogP contribution in [0.2, 0.25) is 0 Å². The Hall–Kier alpha value is -1.97. The van der Waals surface area contributed by atoms with Gasteiger partial charge in [-0.25, -0.2) is 4.79 Å². The Morgan fingerprint density at radius 3 is 2.61 bits per heavy atom. The minimum Gasteiger partial charge on any atom is -0.462 e. The summed E-state index contributed by atoms with van der Waals surface area (Å²) in [6.07, 6.45) is 5.12. The number of carbonyl (C=O) groups is 2. The molecule has 1 heterocycles. The molecule has 0 unspecified atom stereocenters. The molecule has 0 radical (unpaired) electrons. The van der Waals surface area contributed by atoms with E-state index in [1.807, 2.05) is 13.0 Å². The van der Waals surface area contributed by atoms with Crippen molar-refractivity contribution in [2.75, 3.05) is 6.61 Å². The van der Waals surface area contributed by atoms with Gasteiger partial charge in [-0.3, -0.25) is 9.78 Å². The van der Waals surface area contributed by atoms with E-state index in [4.69, 9.17) is 4.74 Å². The number of rotatable bonds is 5. The van der Waals surface area contributed by atoms with E-state index in [1.165, 1.54) is 6.08 Å². The van der Waals surface area contributed by atoms with Crippen molar-refractivity contribution in [1.82, 2.24) is 4.98 Å². The first kappa shape index (κ1) is 14.1. The lowest BCUT2D eigenvalue weighted by molar-refractivity contribution is -0.139. The maximum atomic E-state index is 11.7. The second-order valence-electron chi connectivity index (χ2n) is 3.85. The summed E-state index contributed by atoms with van der Waals surface area (Å²) in [4.78, 5) is 27.4. The van der Waals surface area contributed by atoms with Crippen LogP contribution in [-0.4, -0.2) is 23.3 Å². The van der Waals surface area contributed by atoms with Crippen LogP contribution in [-0.2, 0) is 14.3 Å². The molecule has 0 aliphatic carbocycles. The quantitative estimate of drug-likeness (QED) is 0.347. The molecule has 0 N–H and O–H groups in total. The molecule has 4 heteroatoms. The van der Waals surface area contributed by atoms with Crippen LogP contribution in [0.25, 0.3) is 6.08 Å². The minimum absolute atomic E-state index is 0.0757. The van der Waals surface area contributed by atoms with Crippen molar-refractivity contribution in [3.8, 4) is 0 Å². The molecule has 0 aromatic carbocycles. The number of hydrogen-bond acceptors (Lipinski definition) is 4. The zero-order valence-corrected chi connectivity index (χ0v) is 10.9. The highest BCUT2D eigenvalue weighted by atomic mass is 16.5. The van der Waals surface area contributed by atoms with Crippen LogP contribution in [0.1, 0.15) is 31.4 Å². The summed E-state index contributed by atoms with van der Waals surface area (Å²) in [6.45, 7) is 5.57. The van der Waals surface area contributed by atoms with E-state index in [0.717, 1.165) is 11.1 Å².